The Balaban J connectivity index is 1.92. The average Bonchev–Trinajstić information content (AvgIpc) is 2.96. The van der Waals surface area contributed by atoms with Crippen LogP contribution in [0, 0.1) is 0 Å². The van der Waals surface area contributed by atoms with Gasteiger partial charge in [0.1, 0.15) is 5.76 Å². The molecule has 2 aromatic rings. The summed E-state index contributed by atoms with van der Waals surface area (Å²) in [7, 11) is 3.63. The van der Waals surface area contributed by atoms with E-state index in [9.17, 15) is 18.0 Å². The number of carbonyl (C=O) groups is 1. The number of hydrogen-bond acceptors (Lipinski definition) is 4. The van der Waals surface area contributed by atoms with E-state index in [0.29, 0.717) is 11.6 Å². The fourth-order valence-electron chi connectivity index (χ4n) is 1.90. The second-order valence-corrected chi connectivity index (χ2v) is 5.24. The highest BCUT2D eigenvalue weighted by Gasteiger charge is 2.30. The lowest BCUT2D eigenvalue weighted by Gasteiger charge is -2.08. The van der Waals surface area contributed by atoms with Crippen LogP contribution < -0.4 is 10.3 Å². The van der Waals surface area contributed by atoms with Crippen molar-refractivity contribution in [2.45, 2.75) is 12.6 Å². The third kappa shape index (κ3) is 4.87. The summed E-state index contributed by atoms with van der Waals surface area (Å²) < 4.78 is 43.2. The zero-order valence-corrected chi connectivity index (χ0v) is 13.1. The molecule has 0 atom stereocenters. The van der Waals surface area contributed by atoms with Crippen LogP contribution in [0.3, 0.4) is 0 Å². The van der Waals surface area contributed by atoms with Crippen molar-refractivity contribution in [2.75, 3.05) is 19.0 Å². The Bertz CT molecular complexity index is 736. The predicted molar refractivity (Wildman–Crippen MR) is 83.9 cm³/mol. The molecule has 0 aliphatic heterocycles. The lowest BCUT2D eigenvalue weighted by atomic mass is 10.1. The number of alkyl halides is 3. The maximum absolute atomic E-state index is 12.6. The Morgan fingerprint density at radius 3 is 2.67 bits per heavy atom. The second kappa shape index (κ2) is 7.20. The van der Waals surface area contributed by atoms with Crippen LogP contribution in [0.4, 0.5) is 19.1 Å². The monoisotopic (exact) mass is 339 g/mol. The summed E-state index contributed by atoms with van der Waals surface area (Å²) in [5.41, 5.74) is 1.72. The van der Waals surface area contributed by atoms with Gasteiger partial charge in [0.15, 0.2) is 5.88 Å². The number of carbonyl (C=O) groups excluding carboxylic acids is 1. The van der Waals surface area contributed by atoms with Gasteiger partial charge in [-0.25, -0.2) is 5.43 Å². The van der Waals surface area contributed by atoms with Crippen LogP contribution in [0.15, 0.2) is 45.9 Å². The zero-order valence-electron chi connectivity index (χ0n) is 13.1. The molecule has 5 nitrogen and oxygen atoms in total. The standard InChI is InChI=1S/C16H16F3N3O2/c1-22(2)15-7-6-13(24-15)10-20-21-14(23)9-11-4-3-5-12(8-11)16(17,18)19/h3-8,10H,9H2,1-2H3,(H,21,23)/b20-10+. The van der Waals surface area contributed by atoms with Crippen LogP contribution in [-0.2, 0) is 17.4 Å². The molecule has 0 saturated carbocycles. The van der Waals surface area contributed by atoms with Crippen molar-refractivity contribution in [3.63, 3.8) is 0 Å². The molecule has 0 radical (unpaired) electrons. The van der Waals surface area contributed by atoms with Gasteiger partial charge in [-0.15, -0.1) is 0 Å². The molecule has 2 rings (SSSR count). The molecule has 128 valence electrons. The van der Waals surface area contributed by atoms with Crippen LogP contribution >= 0.6 is 0 Å². The Hall–Kier alpha value is -2.77. The van der Waals surface area contributed by atoms with Gasteiger partial charge in [0.2, 0.25) is 5.91 Å². The minimum absolute atomic E-state index is 0.206. The number of rotatable bonds is 5. The fourth-order valence-corrected chi connectivity index (χ4v) is 1.90. The average molecular weight is 339 g/mol. The van der Waals surface area contributed by atoms with E-state index in [-0.39, 0.29) is 12.0 Å². The van der Waals surface area contributed by atoms with Crippen molar-refractivity contribution in [3.8, 4) is 0 Å². The van der Waals surface area contributed by atoms with Crippen molar-refractivity contribution in [1.29, 1.82) is 0 Å². The van der Waals surface area contributed by atoms with E-state index in [0.717, 1.165) is 12.1 Å². The van der Waals surface area contributed by atoms with Crippen LogP contribution in [0.2, 0.25) is 0 Å². The molecule has 0 spiro atoms. The van der Waals surface area contributed by atoms with Gasteiger partial charge >= 0.3 is 6.18 Å². The van der Waals surface area contributed by atoms with Crippen LogP contribution in [0.5, 0.6) is 0 Å². The smallest absolute Gasteiger partial charge is 0.416 e. The summed E-state index contributed by atoms with van der Waals surface area (Å²) in [6.07, 6.45) is -3.33. The predicted octanol–water partition coefficient (Wildman–Crippen LogP) is 3.06. The first-order valence-corrected chi connectivity index (χ1v) is 7.01. The summed E-state index contributed by atoms with van der Waals surface area (Å²) in [6, 6.07) is 8.04. The van der Waals surface area contributed by atoms with Gasteiger partial charge in [-0.2, -0.15) is 18.3 Å². The van der Waals surface area contributed by atoms with E-state index in [2.05, 4.69) is 10.5 Å². The molecule has 0 aliphatic rings. The van der Waals surface area contributed by atoms with Crippen molar-refractivity contribution >= 4 is 18.0 Å². The van der Waals surface area contributed by atoms with Crippen LogP contribution in [0.25, 0.3) is 0 Å². The molecule has 1 aromatic carbocycles. The minimum Gasteiger partial charge on any atom is -0.440 e. The molecule has 0 saturated heterocycles. The Labute approximate surface area is 136 Å². The number of hydrogen-bond donors (Lipinski definition) is 1. The molecular formula is C16H16F3N3O2. The lowest BCUT2D eigenvalue weighted by molar-refractivity contribution is -0.137. The number of hydrazone groups is 1. The molecule has 8 heteroatoms. The molecule has 24 heavy (non-hydrogen) atoms. The molecule has 1 N–H and O–H groups in total. The third-order valence-electron chi connectivity index (χ3n) is 3.05. The third-order valence-corrected chi connectivity index (χ3v) is 3.05. The number of amides is 1. The van der Waals surface area contributed by atoms with Crippen molar-refractivity contribution in [3.05, 3.63) is 53.3 Å². The number of nitrogens with one attached hydrogen (secondary N) is 1. The highest BCUT2D eigenvalue weighted by atomic mass is 19.4. The maximum atomic E-state index is 12.6. The molecule has 0 fully saturated rings. The fraction of sp³-hybridized carbons (Fsp3) is 0.250. The lowest BCUT2D eigenvalue weighted by Crippen LogP contribution is -2.20. The van der Waals surface area contributed by atoms with E-state index in [1.54, 1.807) is 17.0 Å². The molecule has 0 bridgehead atoms. The molecule has 1 heterocycles. The zero-order chi connectivity index (χ0) is 17.7. The van der Waals surface area contributed by atoms with Gasteiger partial charge in [-0.05, 0) is 17.7 Å². The summed E-state index contributed by atoms with van der Waals surface area (Å²) in [6.45, 7) is 0. The Morgan fingerprint density at radius 1 is 1.29 bits per heavy atom. The highest BCUT2D eigenvalue weighted by molar-refractivity contribution is 5.82. The Morgan fingerprint density at radius 2 is 2.04 bits per heavy atom. The van der Waals surface area contributed by atoms with E-state index in [1.165, 1.54) is 18.3 Å². The number of benzene rings is 1. The largest absolute Gasteiger partial charge is 0.440 e. The number of anilines is 1. The summed E-state index contributed by atoms with van der Waals surface area (Å²) >= 11 is 0. The van der Waals surface area contributed by atoms with Gasteiger partial charge in [-0.3, -0.25) is 4.79 Å². The quantitative estimate of drug-likeness (QED) is 0.673. The molecule has 0 unspecified atom stereocenters. The minimum atomic E-state index is -4.44. The highest BCUT2D eigenvalue weighted by Crippen LogP contribution is 2.29. The van der Waals surface area contributed by atoms with E-state index >= 15 is 0 Å². The SMILES string of the molecule is CN(C)c1ccc(/C=N/NC(=O)Cc2cccc(C(F)(F)F)c2)o1. The van der Waals surface area contributed by atoms with Gasteiger partial charge in [-0.1, -0.05) is 18.2 Å². The second-order valence-electron chi connectivity index (χ2n) is 5.24. The topological polar surface area (TPSA) is 57.8 Å². The molecular weight excluding hydrogens is 323 g/mol. The molecule has 1 amide bonds. The van der Waals surface area contributed by atoms with Crippen molar-refractivity contribution in [2.24, 2.45) is 5.10 Å². The number of nitrogens with zero attached hydrogens (tertiary/aromatic N) is 2. The first-order chi connectivity index (χ1) is 11.3. The normalized spacial score (nSPS) is 11.7. The number of halogens is 3. The van der Waals surface area contributed by atoms with Crippen LogP contribution in [0.1, 0.15) is 16.9 Å². The number of furan rings is 1. The van der Waals surface area contributed by atoms with E-state index in [4.69, 9.17) is 4.42 Å². The van der Waals surface area contributed by atoms with Crippen LogP contribution in [-0.4, -0.2) is 26.2 Å². The molecule has 1 aromatic heterocycles. The Kier molecular flexibility index (Phi) is 5.28. The van der Waals surface area contributed by atoms with E-state index < -0.39 is 17.6 Å². The van der Waals surface area contributed by atoms with Gasteiger partial charge < -0.3 is 9.32 Å². The van der Waals surface area contributed by atoms with Gasteiger partial charge in [0.05, 0.1) is 18.2 Å². The van der Waals surface area contributed by atoms with E-state index in [1.807, 2.05) is 14.1 Å². The summed E-state index contributed by atoms with van der Waals surface area (Å²) in [5.74, 6) is 0.551. The van der Waals surface area contributed by atoms with Crippen molar-refractivity contribution in [1.82, 2.24) is 5.43 Å². The first-order valence-electron chi connectivity index (χ1n) is 7.01. The maximum Gasteiger partial charge on any atom is 0.416 e. The summed E-state index contributed by atoms with van der Waals surface area (Å²) in [4.78, 5) is 13.5. The van der Waals surface area contributed by atoms with Gasteiger partial charge in [0, 0.05) is 20.2 Å². The molecule has 0 aliphatic carbocycles. The van der Waals surface area contributed by atoms with Gasteiger partial charge in [0.25, 0.3) is 0 Å². The summed E-state index contributed by atoms with van der Waals surface area (Å²) in [5, 5.41) is 3.72. The first kappa shape index (κ1) is 17.6. The van der Waals surface area contributed by atoms with Crippen molar-refractivity contribution < 1.29 is 22.4 Å².